The number of rotatable bonds is 5. The average Bonchev–Trinajstić information content (AvgIpc) is 3.08. The summed E-state index contributed by atoms with van der Waals surface area (Å²) in [5.74, 6) is 1.09. The van der Waals surface area contributed by atoms with Gasteiger partial charge in [0.25, 0.3) is 0 Å². The van der Waals surface area contributed by atoms with Gasteiger partial charge in [0, 0.05) is 23.6 Å². The van der Waals surface area contributed by atoms with E-state index in [-0.39, 0.29) is 0 Å². The highest BCUT2D eigenvalue weighted by molar-refractivity contribution is 6.09. The minimum atomic E-state index is -0.718. The Morgan fingerprint density at radius 3 is 2.85 bits per heavy atom. The summed E-state index contributed by atoms with van der Waals surface area (Å²) in [6.45, 7) is 1.65. The molecule has 3 heteroatoms. The number of aliphatic imine (C=N–C) groups is 1. The summed E-state index contributed by atoms with van der Waals surface area (Å²) in [5, 5.41) is 10.7. The molecule has 0 saturated heterocycles. The number of furan rings is 1. The summed E-state index contributed by atoms with van der Waals surface area (Å²) >= 11 is 0. The molecule has 0 spiro atoms. The molecule has 3 nitrogen and oxygen atoms in total. The van der Waals surface area contributed by atoms with Gasteiger partial charge in [-0.15, -0.1) is 0 Å². The monoisotopic (exact) mass is 357 g/mol. The number of aliphatic hydroxyl groups excluding tert-OH is 1. The van der Waals surface area contributed by atoms with Crippen molar-refractivity contribution in [2.45, 2.75) is 32.4 Å². The zero-order valence-electron chi connectivity index (χ0n) is 15.4. The Balaban J connectivity index is 1.71. The lowest BCUT2D eigenvalue weighted by Gasteiger charge is -2.05. The van der Waals surface area contributed by atoms with Crippen LogP contribution in [0, 0.1) is 0 Å². The van der Waals surface area contributed by atoms with E-state index in [1.165, 1.54) is 10.9 Å². The second-order valence-corrected chi connectivity index (χ2v) is 6.81. The molecular weight excluding hydrogens is 334 g/mol. The Morgan fingerprint density at radius 1 is 1.19 bits per heavy atom. The minimum Gasteiger partial charge on any atom is -0.460 e. The maximum atomic E-state index is 9.52. The first-order valence-electron chi connectivity index (χ1n) is 9.39. The lowest BCUT2D eigenvalue weighted by atomic mass is 9.99. The number of aryl methyl sites for hydroxylation is 1. The van der Waals surface area contributed by atoms with E-state index in [4.69, 9.17) is 4.42 Å². The molecule has 136 valence electrons. The highest BCUT2D eigenvalue weighted by Gasteiger charge is 2.16. The summed E-state index contributed by atoms with van der Waals surface area (Å²) in [7, 11) is 0. The predicted molar refractivity (Wildman–Crippen MR) is 112 cm³/mol. The number of allylic oxidation sites excluding steroid dienone is 3. The number of nitrogens with zero attached hydrogens (tertiary/aromatic N) is 1. The van der Waals surface area contributed by atoms with E-state index >= 15 is 0 Å². The van der Waals surface area contributed by atoms with E-state index in [9.17, 15) is 5.11 Å². The van der Waals surface area contributed by atoms with Crippen molar-refractivity contribution < 1.29 is 9.52 Å². The Bertz CT molecular complexity index is 1020. The van der Waals surface area contributed by atoms with Gasteiger partial charge in [-0.3, -0.25) is 4.99 Å². The zero-order chi connectivity index (χ0) is 18.6. The van der Waals surface area contributed by atoms with Crippen LogP contribution in [0.25, 0.3) is 22.6 Å². The van der Waals surface area contributed by atoms with Crippen LogP contribution in [-0.4, -0.2) is 17.5 Å². The van der Waals surface area contributed by atoms with E-state index in [0.717, 1.165) is 47.3 Å². The number of fused-ring (bicyclic) bond motifs is 3. The van der Waals surface area contributed by atoms with Gasteiger partial charge in [-0.1, -0.05) is 66.8 Å². The van der Waals surface area contributed by atoms with E-state index in [2.05, 4.69) is 53.6 Å². The van der Waals surface area contributed by atoms with Crippen molar-refractivity contribution in [3.63, 3.8) is 0 Å². The Kier molecular flexibility index (Phi) is 5.03. The molecule has 0 radical (unpaired) electrons. The number of benzene rings is 2. The molecule has 1 N–H and O–H groups in total. The van der Waals surface area contributed by atoms with E-state index in [0.29, 0.717) is 0 Å². The van der Waals surface area contributed by atoms with Crippen LogP contribution in [-0.2, 0) is 12.8 Å². The van der Waals surface area contributed by atoms with Crippen LogP contribution in [0.1, 0.15) is 35.8 Å². The van der Waals surface area contributed by atoms with Crippen molar-refractivity contribution in [3.8, 4) is 0 Å². The fraction of sp³-hybridized carbons (Fsp3) is 0.208. The molecule has 0 unspecified atom stereocenters. The van der Waals surface area contributed by atoms with Gasteiger partial charge in [0.1, 0.15) is 17.6 Å². The largest absolute Gasteiger partial charge is 0.460 e. The molecule has 0 aliphatic heterocycles. The summed E-state index contributed by atoms with van der Waals surface area (Å²) in [6, 6.07) is 16.5. The third-order valence-corrected chi connectivity index (χ3v) is 4.81. The van der Waals surface area contributed by atoms with Gasteiger partial charge in [-0.05, 0) is 36.5 Å². The molecule has 3 aromatic rings. The third-order valence-electron chi connectivity index (χ3n) is 4.81. The molecule has 0 fully saturated rings. The van der Waals surface area contributed by atoms with Gasteiger partial charge in [-0.2, -0.15) is 0 Å². The summed E-state index contributed by atoms with van der Waals surface area (Å²) in [4.78, 5) is 4.16. The Labute approximate surface area is 159 Å². The molecule has 1 heterocycles. The molecule has 1 aromatic heterocycles. The van der Waals surface area contributed by atoms with Crippen molar-refractivity contribution >= 4 is 28.8 Å². The normalized spacial score (nSPS) is 15.4. The third kappa shape index (κ3) is 3.79. The van der Waals surface area contributed by atoms with Gasteiger partial charge in [0.2, 0.25) is 0 Å². The minimum absolute atomic E-state index is 0.718. The molecule has 0 saturated carbocycles. The molecular formula is C24H23NO2. The summed E-state index contributed by atoms with van der Waals surface area (Å²) in [5.41, 5.74) is 5.43. The highest BCUT2D eigenvalue weighted by atomic mass is 16.3. The maximum absolute atomic E-state index is 9.52. The lowest BCUT2D eigenvalue weighted by molar-refractivity contribution is 0.206. The van der Waals surface area contributed by atoms with Crippen molar-refractivity contribution in [1.82, 2.24) is 0 Å². The Morgan fingerprint density at radius 2 is 2.04 bits per heavy atom. The van der Waals surface area contributed by atoms with Crippen molar-refractivity contribution in [2.75, 3.05) is 0 Å². The van der Waals surface area contributed by atoms with E-state index < -0.39 is 6.23 Å². The fourth-order valence-electron chi connectivity index (χ4n) is 3.47. The SMILES string of the molecule is C[C@@H](O)/N=C/C(=C\Cc1cccc2c3c(oc12)CCC=C3)c1ccccc1. The Hall–Kier alpha value is -2.91. The molecule has 2 aromatic carbocycles. The molecule has 1 aliphatic rings. The summed E-state index contributed by atoms with van der Waals surface area (Å²) in [6.07, 6.45) is 10.3. The van der Waals surface area contributed by atoms with Crippen LogP contribution < -0.4 is 0 Å². The zero-order valence-corrected chi connectivity index (χ0v) is 15.4. The number of hydrogen-bond donors (Lipinski definition) is 1. The fourth-order valence-corrected chi connectivity index (χ4v) is 3.47. The van der Waals surface area contributed by atoms with Crippen LogP contribution in [0.5, 0.6) is 0 Å². The molecule has 0 amide bonds. The molecule has 27 heavy (non-hydrogen) atoms. The van der Waals surface area contributed by atoms with E-state index in [1.54, 1.807) is 13.1 Å². The second-order valence-electron chi connectivity index (χ2n) is 6.81. The van der Waals surface area contributed by atoms with Crippen LogP contribution in [0.4, 0.5) is 0 Å². The molecule has 1 atom stereocenters. The molecule has 0 bridgehead atoms. The van der Waals surface area contributed by atoms with Crippen LogP contribution >= 0.6 is 0 Å². The van der Waals surface area contributed by atoms with Gasteiger partial charge in [-0.25, -0.2) is 0 Å². The van der Waals surface area contributed by atoms with Crippen molar-refractivity contribution in [1.29, 1.82) is 0 Å². The quantitative estimate of drug-likeness (QED) is 0.619. The predicted octanol–water partition coefficient (Wildman–Crippen LogP) is 5.43. The van der Waals surface area contributed by atoms with E-state index in [1.807, 2.05) is 18.2 Å². The van der Waals surface area contributed by atoms with Crippen molar-refractivity contribution in [2.24, 2.45) is 4.99 Å². The first-order chi connectivity index (χ1) is 13.2. The van der Waals surface area contributed by atoms with Gasteiger partial charge in [0.05, 0.1) is 0 Å². The van der Waals surface area contributed by atoms with Crippen molar-refractivity contribution in [3.05, 3.63) is 83.1 Å². The second kappa shape index (κ2) is 7.77. The standard InChI is InChI=1S/C24H23NO2/c1-17(26)25-16-20(18-8-3-2-4-9-18)15-14-19-10-7-12-22-21-11-5-6-13-23(21)27-24(19)22/h2-5,7-12,15-17,26H,6,13-14H2,1H3/b20-15+,25-16+/t17-/m1/s1. The smallest absolute Gasteiger partial charge is 0.142 e. The average molecular weight is 357 g/mol. The lowest BCUT2D eigenvalue weighted by Crippen LogP contribution is -1.96. The highest BCUT2D eigenvalue weighted by Crippen LogP contribution is 2.33. The summed E-state index contributed by atoms with van der Waals surface area (Å²) < 4.78 is 6.20. The van der Waals surface area contributed by atoms with Crippen LogP contribution in [0.3, 0.4) is 0 Å². The number of para-hydroxylation sites is 1. The van der Waals surface area contributed by atoms with Gasteiger partial charge in [0.15, 0.2) is 0 Å². The maximum Gasteiger partial charge on any atom is 0.142 e. The van der Waals surface area contributed by atoms with Gasteiger partial charge < -0.3 is 9.52 Å². The topological polar surface area (TPSA) is 45.7 Å². The van der Waals surface area contributed by atoms with Gasteiger partial charge >= 0.3 is 0 Å². The molecule has 1 aliphatic carbocycles. The molecule has 4 rings (SSSR count). The van der Waals surface area contributed by atoms with Crippen LogP contribution in [0.15, 0.2) is 70.1 Å². The van der Waals surface area contributed by atoms with Crippen LogP contribution in [0.2, 0.25) is 0 Å². The first-order valence-corrected chi connectivity index (χ1v) is 9.39. The number of aliphatic hydroxyl groups is 1. The first kappa shape index (κ1) is 17.5. The number of hydrogen-bond acceptors (Lipinski definition) is 3.